The number of amides is 3. The first kappa shape index (κ1) is 18.9. The standard InChI is InChI=1S/C19H17N3O6/c1-27-13-7-3-11(4-8-13)20-17(23)15-16(21-26)19(25)22(18(15)24)12-5-9-14(28-2)10-6-12/h3-10,15,26H,1-2H3,(H,20,23)/b21-16+. The van der Waals surface area contributed by atoms with Gasteiger partial charge in [0.15, 0.2) is 11.6 Å². The summed E-state index contributed by atoms with van der Waals surface area (Å²) < 4.78 is 10.1. The number of oxime groups is 1. The Balaban J connectivity index is 1.86. The van der Waals surface area contributed by atoms with E-state index in [1.54, 1.807) is 36.4 Å². The van der Waals surface area contributed by atoms with Crippen molar-refractivity contribution in [1.82, 2.24) is 0 Å². The van der Waals surface area contributed by atoms with Crippen LogP contribution in [0.2, 0.25) is 0 Å². The number of nitrogens with one attached hydrogen (secondary N) is 1. The maximum atomic E-state index is 12.8. The highest BCUT2D eigenvalue weighted by Gasteiger charge is 2.50. The van der Waals surface area contributed by atoms with Gasteiger partial charge in [0.1, 0.15) is 11.5 Å². The summed E-state index contributed by atoms with van der Waals surface area (Å²) in [6.07, 6.45) is 0. The molecule has 1 fully saturated rings. The van der Waals surface area contributed by atoms with Crippen LogP contribution in [0.5, 0.6) is 11.5 Å². The van der Waals surface area contributed by atoms with E-state index in [2.05, 4.69) is 10.5 Å². The minimum atomic E-state index is -1.57. The Labute approximate surface area is 160 Å². The molecule has 28 heavy (non-hydrogen) atoms. The van der Waals surface area contributed by atoms with Crippen molar-refractivity contribution in [3.05, 3.63) is 48.5 Å². The number of carbonyl (C=O) groups is 3. The van der Waals surface area contributed by atoms with Crippen LogP contribution in [0.1, 0.15) is 0 Å². The number of ether oxygens (including phenoxy) is 2. The molecule has 2 N–H and O–H groups in total. The second-order valence-corrected chi connectivity index (χ2v) is 5.81. The van der Waals surface area contributed by atoms with Crippen molar-refractivity contribution in [2.45, 2.75) is 0 Å². The van der Waals surface area contributed by atoms with Crippen molar-refractivity contribution in [2.24, 2.45) is 11.1 Å². The molecule has 1 aliphatic heterocycles. The van der Waals surface area contributed by atoms with Crippen LogP contribution in [0.4, 0.5) is 11.4 Å². The van der Waals surface area contributed by atoms with Gasteiger partial charge in [-0.2, -0.15) is 0 Å². The quantitative estimate of drug-likeness (QED) is 0.351. The van der Waals surface area contributed by atoms with Crippen LogP contribution in [0.3, 0.4) is 0 Å². The monoisotopic (exact) mass is 383 g/mol. The van der Waals surface area contributed by atoms with E-state index in [1.165, 1.54) is 26.4 Å². The Hall–Kier alpha value is -3.88. The summed E-state index contributed by atoms with van der Waals surface area (Å²) in [7, 11) is 2.99. The number of rotatable bonds is 5. The van der Waals surface area contributed by atoms with Gasteiger partial charge in [-0.3, -0.25) is 14.4 Å². The second-order valence-electron chi connectivity index (χ2n) is 5.81. The van der Waals surface area contributed by atoms with Crippen LogP contribution >= 0.6 is 0 Å². The fourth-order valence-corrected chi connectivity index (χ4v) is 2.79. The van der Waals surface area contributed by atoms with E-state index in [1.807, 2.05) is 0 Å². The first-order valence-corrected chi connectivity index (χ1v) is 8.19. The molecule has 2 aromatic carbocycles. The van der Waals surface area contributed by atoms with Crippen LogP contribution in [-0.4, -0.2) is 42.9 Å². The van der Waals surface area contributed by atoms with Crippen LogP contribution in [-0.2, 0) is 14.4 Å². The maximum absolute atomic E-state index is 12.8. The molecule has 3 amide bonds. The summed E-state index contributed by atoms with van der Waals surface area (Å²) >= 11 is 0. The molecule has 9 heteroatoms. The van der Waals surface area contributed by atoms with Crippen molar-refractivity contribution >= 4 is 34.8 Å². The second kappa shape index (κ2) is 7.78. The van der Waals surface area contributed by atoms with Gasteiger partial charge in [-0.15, -0.1) is 0 Å². The van der Waals surface area contributed by atoms with Crippen molar-refractivity contribution in [2.75, 3.05) is 24.4 Å². The first-order chi connectivity index (χ1) is 13.5. The minimum Gasteiger partial charge on any atom is -0.497 e. The Morgan fingerprint density at radius 2 is 1.54 bits per heavy atom. The number of hydrogen-bond donors (Lipinski definition) is 2. The van der Waals surface area contributed by atoms with Crippen molar-refractivity contribution in [3.8, 4) is 11.5 Å². The SMILES string of the molecule is COc1ccc(NC(=O)C2C(=O)N(c3ccc(OC)cc3)C(=O)/C2=N/O)cc1. The van der Waals surface area contributed by atoms with E-state index >= 15 is 0 Å². The number of methoxy groups -OCH3 is 2. The van der Waals surface area contributed by atoms with Crippen LogP contribution < -0.4 is 19.7 Å². The summed E-state index contributed by atoms with van der Waals surface area (Å²) in [6.45, 7) is 0. The highest BCUT2D eigenvalue weighted by atomic mass is 16.5. The number of hydrogen-bond acceptors (Lipinski definition) is 7. The van der Waals surface area contributed by atoms with Gasteiger partial charge in [0, 0.05) is 5.69 Å². The molecule has 1 saturated heterocycles. The van der Waals surface area contributed by atoms with Gasteiger partial charge in [-0.05, 0) is 48.5 Å². The molecule has 144 valence electrons. The molecule has 1 aliphatic rings. The molecular weight excluding hydrogens is 366 g/mol. The van der Waals surface area contributed by atoms with Crippen LogP contribution in [0, 0.1) is 5.92 Å². The van der Waals surface area contributed by atoms with E-state index in [9.17, 15) is 19.6 Å². The molecule has 0 aliphatic carbocycles. The van der Waals surface area contributed by atoms with Crippen LogP contribution in [0.15, 0.2) is 53.7 Å². The molecule has 1 atom stereocenters. The molecule has 0 radical (unpaired) electrons. The number of nitrogens with zero attached hydrogens (tertiary/aromatic N) is 2. The fraction of sp³-hybridized carbons (Fsp3) is 0.158. The third-order valence-electron chi connectivity index (χ3n) is 4.22. The van der Waals surface area contributed by atoms with E-state index in [-0.39, 0.29) is 5.69 Å². The molecular formula is C19H17N3O6. The summed E-state index contributed by atoms with van der Waals surface area (Å²) in [5, 5.41) is 14.7. The van der Waals surface area contributed by atoms with Gasteiger partial charge in [0.2, 0.25) is 5.91 Å². The molecule has 9 nitrogen and oxygen atoms in total. The van der Waals surface area contributed by atoms with E-state index in [4.69, 9.17) is 9.47 Å². The molecule has 0 aromatic heterocycles. The molecule has 0 saturated carbocycles. The van der Waals surface area contributed by atoms with Gasteiger partial charge in [-0.1, -0.05) is 5.16 Å². The van der Waals surface area contributed by atoms with Gasteiger partial charge < -0.3 is 20.0 Å². The lowest BCUT2D eigenvalue weighted by molar-refractivity contribution is -0.127. The Bertz CT molecular complexity index is 937. The molecule has 1 unspecified atom stereocenters. The number of anilines is 2. The van der Waals surface area contributed by atoms with Gasteiger partial charge in [0.25, 0.3) is 11.8 Å². The third kappa shape index (κ3) is 3.37. The topological polar surface area (TPSA) is 118 Å². The Morgan fingerprint density at radius 3 is 2.04 bits per heavy atom. The Kier molecular flexibility index (Phi) is 5.25. The molecule has 0 bridgehead atoms. The number of imide groups is 1. The van der Waals surface area contributed by atoms with Gasteiger partial charge in [0.05, 0.1) is 19.9 Å². The number of benzene rings is 2. The summed E-state index contributed by atoms with van der Waals surface area (Å²) in [4.78, 5) is 38.7. The average molecular weight is 383 g/mol. The zero-order valence-corrected chi connectivity index (χ0v) is 15.1. The largest absolute Gasteiger partial charge is 0.497 e. The highest BCUT2D eigenvalue weighted by Crippen LogP contribution is 2.28. The van der Waals surface area contributed by atoms with Crippen LogP contribution in [0.25, 0.3) is 0 Å². The van der Waals surface area contributed by atoms with E-state index in [0.29, 0.717) is 17.2 Å². The van der Waals surface area contributed by atoms with E-state index in [0.717, 1.165) is 4.90 Å². The van der Waals surface area contributed by atoms with Gasteiger partial charge >= 0.3 is 0 Å². The molecule has 1 heterocycles. The minimum absolute atomic E-state index is 0.233. The average Bonchev–Trinajstić information content (AvgIpc) is 2.98. The first-order valence-electron chi connectivity index (χ1n) is 8.19. The predicted octanol–water partition coefficient (Wildman–Crippen LogP) is 1.66. The van der Waals surface area contributed by atoms with Crippen molar-refractivity contribution < 1.29 is 29.1 Å². The molecule has 0 spiro atoms. The smallest absolute Gasteiger partial charge is 0.284 e. The normalized spacial score (nSPS) is 17.7. The lowest BCUT2D eigenvalue weighted by atomic mass is 10.1. The fourth-order valence-electron chi connectivity index (χ4n) is 2.79. The molecule has 3 rings (SSSR count). The zero-order chi connectivity index (χ0) is 20.3. The van der Waals surface area contributed by atoms with Gasteiger partial charge in [-0.25, -0.2) is 4.90 Å². The third-order valence-corrected chi connectivity index (χ3v) is 4.22. The maximum Gasteiger partial charge on any atom is 0.284 e. The molecule has 2 aromatic rings. The lowest BCUT2D eigenvalue weighted by Crippen LogP contribution is -2.34. The summed E-state index contributed by atoms with van der Waals surface area (Å²) in [5.74, 6) is -2.91. The predicted molar refractivity (Wildman–Crippen MR) is 99.8 cm³/mol. The lowest BCUT2D eigenvalue weighted by Gasteiger charge is -2.14. The van der Waals surface area contributed by atoms with Crippen molar-refractivity contribution in [3.63, 3.8) is 0 Å². The number of carbonyl (C=O) groups excluding carboxylic acids is 3. The summed E-state index contributed by atoms with van der Waals surface area (Å²) in [6, 6.07) is 12.5. The highest BCUT2D eigenvalue weighted by molar-refractivity contribution is 6.61. The van der Waals surface area contributed by atoms with E-state index < -0.39 is 29.4 Å². The van der Waals surface area contributed by atoms with Crippen molar-refractivity contribution in [1.29, 1.82) is 0 Å². The zero-order valence-electron chi connectivity index (χ0n) is 15.1. The Morgan fingerprint density at radius 1 is 1.00 bits per heavy atom. The summed E-state index contributed by atoms with van der Waals surface area (Å²) in [5.41, 5.74) is 0.0785.